The van der Waals surface area contributed by atoms with Crippen LogP contribution in [0.5, 0.6) is 0 Å². The third-order valence-corrected chi connectivity index (χ3v) is 5.16. The molecular weight excluding hydrogens is 292 g/mol. The summed E-state index contributed by atoms with van der Waals surface area (Å²) in [4.78, 5) is 14.2. The average Bonchev–Trinajstić information content (AvgIpc) is 3.06. The summed E-state index contributed by atoms with van der Waals surface area (Å²) >= 11 is 3.03. The van der Waals surface area contributed by atoms with Crippen molar-refractivity contribution in [3.05, 3.63) is 0 Å². The molecule has 1 saturated heterocycles. The SMILES string of the molecule is CC(C)CNc1nnc(SC(C)C(=O)N2CCCC2)s1. The van der Waals surface area contributed by atoms with Gasteiger partial charge in [0.15, 0.2) is 4.34 Å². The lowest BCUT2D eigenvalue weighted by molar-refractivity contribution is -0.129. The Balaban J connectivity index is 1.84. The Morgan fingerprint density at radius 2 is 2.05 bits per heavy atom. The van der Waals surface area contributed by atoms with Crippen LogP contribution in [0.3, 0.4) is 0 Å². The van der Waals surface area contributed by atoms with Gasteiger partial charge in [0.05, 0.1) is 5.25 Å². The number of thioether (sulfide) groups is 1. The van der Waals surface area contributed by atoms with Crippen LogP contribution in [0.4, 0.5) is 5.13 Å². The first-order chi connectivity index (χ1) is 9.56. The fourth-order valence-corrected chi connectivity index (χ4v) is 4.00. The smallest absolute Gasteiger partial charge is 0.235 e. The zero-order valence-corrected chi connectivity index (χ0v) is 13.9. The summed E-state index contributed by atoms with van der Waals surface area (Å²) in [5.41, 5.74) is 0. The van der Waals surface area contributed by atoms with Crippen LogP contribution in [0, 0.1) is 5.92 Å². The normalized spacial score (nSPS) is 16.7. The summed E-state index contributed by atoms with van der Waals surface area (Å²) in [5, 5.41) is 12.3. The molecule has 1 unspecified atom stereocenters. The largest absolute Gasteiger partial charge is 0.360 e. The molecule has 2 rings (SSSR count). The molecule has 1 aromatic rings. The molecular formula is C13H22N4OS2. The standard InChI is InChI=1S/C13H22N4OS2/c1-9(2)8-14-12-15-16-13(20-12)19-10(3)11(18)17-6-4-5-7-17/h9-10H,4-8H2,1-3H3,(H,14,15). The minimum Gasteiger partial charge on any atom is -0.360 e. The highest BCUT2D eigenvalue weighted by Crippen LogP contribution is 2.30. The van der Waals surface area contributed by atoms with Crippen molar-refractivity contribution in [2.24, 2.45) is 5.92 Å². The Bertz CT molecular complexity index is 443. The molecule has 1 aliphatic heterocycles. The van der Waals surface area contributed by atoms with Gasteiger partial charge in [0.2, 0.25) is 11.0 Å². The molecule has 5 nitrogen and oxygen atoms in total. The molecule has 1 aliphatic rings. The number of anilines is 1. The van der Waals surface area contributed by atoms with E-state index in [1.165, 1.54) is 23.1 Å². The molecule has 2 heterocycles. The Morgan fingerprint density at radius 3 is 2.70 bits per heavy atom. The molecule has 0 radical (unpaired) electrons. The molecule has 1 N–H and O–H groups in total. The van der Waals surface area contributed by atoms with Crippen LogP contribution in [-0.2, 0) is 4.79 Å². The molecule has 0 spiro atoms. The third-order valence-electron chi connectivity index (χ3n) is 3.11. The second kappa shape index (κ2) is 7.26. The first-order valence-corrected chi connectivity index (χ1v) is 8.78. The Morgan fingerprint density at radius 1 is 1.35 bits per heavy atom. The topological polar surface area (TPSA) is 58.1 Å². The van der Waals surface area contributed by atoms with Crippen LogP contribution in [0.25, 0.3) is 0 Å². The predicted octanol–water partition coefficient (Wildman–Crippen LogP) is 2.71. The van der Waals surface area contributed by atoms with Crippen molar-refractivity contribution in [1.82, 2.24) is 15.1 Å². The quantitative estimate of drug-likeness (QED) is 0.818. The molecule has 0 bridgehead atoms. The van der Waals surface area contributed by atoms with Gasteiger partial charge in [0.25, 0.3) is 0 Å². The van der Waals surface area contributed by atoms with Gasteiger partial charge in [-0.3, -0.25) is 4.79 Å². The van der Waals surface area contributed by atoms with Gasteiger partial charge in [0.1, 0.15) is 0 Å². The fraction of sp³-hybridized carbons (Fsp3) is 0.769. The summed E-state index contributed by atoms with van der Waals surface area (Å²) in [5.74, 6) is 0.796. The number of nitrogens with zero attached hydrogens (tertiary/aromatic N) is 3. The van der Waals surface area contributed by atoms with Crippen LogP contribution < -0.4 is 5.32 Å². The van der Waals surface area contributed by atoms with Gasteiger partial charge < -0.3 is 10.2 Å². The Hall–Kier alpha value is -0.820. The van der Waals surface area contributed by atoms with Gasteiger partial charge >= 0.3 is 0 Å². The number of aromatic nitrogens is 2. The van der Waals surface area contributed by atoms with E-state index in [-0.39, 0.29) is 11.2 Å². The van der Waals surface area contributed by atoms with Crippen LogP contribution in [0.2, 0.25) is 0 Å². The van der Waals surface area contributed by atoms with Crippen molar-refractivity contribution in [3.8, 4) is 0 Å². The number of carbonyl (C=O) groups excluding carboxylic acids is 1. The zero-order chi connectivity index (χ0) is 14.5. The van der Waals surface area contributed by atoms with E-state index in [1.807, 2.05) is 11.8 Å². The first kappa shape index (κ1) is 15.6. The molecule has 0 aromatic carbocycles. The molecule has 1 aromatic heterocycles. The van der Waals surface area contributed by atoms with Crippen molar-refractivity contribution in [3.63, 3.8) is 0 Å². The van der Waals surface area contributed by atoms with Crippen molar-refractivity contribution in [1.29, 1.82) is 0 Å². The summed E-state index contributed by atoms with van der Waals surface area (Å²) in [7, 11) is 0. The van der Waals surface area contributed by atoms with E-state index in [0.29, 0.717) is 5.92 Å². The molecule has 1 amide bonds. The number of nitrogens with one attached hydrogen (secondary N) is 1. The maximum absolute atomic E-state index is 12.2. The Labute approximate surface area is 128 Å². The lowest BCUT2D eigenvalue weighted by Gasteiger charge is -2.18. The second-order valence-corrected chi connectivity index (χ2v) is 8.01. The van der Waals surface area contributed by atoms with Crippen molar-refractivity contribution in [2.45, 2.75) is 43.2 Å². The van der Waals surface area contributed by atoms with Gasteiger partial charge in [-0.1, -0.05) is 36.9 Å². The molecule has 20 heavy (non-hydrogen) atoms. The van der Waals surface area contributed by atoms with E-state index < -0.39 is 0 Å². The number of carbonyl (C=O) groups is 1. The third kappa shape index (κ3) is 4.34. The van der Waals surface area contributed by atoms with Crippen molar-refractivity contribution < 1.29 is 4.79 Å². The van der Waals surface area contributed by atoms with Crippen LogP contribution >= 0.6 is 23.1 Å². The maximum atomic E-state index is 12.2. The summed E-state index contributed by atoms with van der Waals surface area (Å²) < 4.78 is 0.858. The molecule has 0 saturated carbocycles. The van der Waals surface area contributed by atoms with E-state index >= 15 is 0 Å². The minimum atomic E-state index is -0.0843. The molecule has 7 heteroatoms. The number of rotatable bonds is 6. The maximum Gasteiger partial charge on any atom is 0.235 e. The highest BCUT2D eigenvalue weighted by Gasteiger charge is 2.24. The van der Waals surface area contributed by atoms with Gasteiger partial charge in [-0.25, -0.2) is 0 Å². The molecule has 112 valence electrons. The summed E-state index contributed by atoms with van der Waals surface area (Å²) in [6, 6.07) is 0. The summed E-state index contributed by atoms with van der Waals surface area (Å²) in [6.45, 7) is 8.96. The van der Waals surface area contributed by atoms with E-state index in [0.717, 1.165) is 41.9 Å². The van der Waals surface area contributed by atoms with Crippen molar-refractivity contribution in [2.75, 3.05) is 25.0 Å². The molecule has 0 aliphatic carbocycles. The van der Waals surface area contributed by atoms with E-state index in [1.54, 1.807) is 0 Å². The van der Waals surface area contributed by atoms with E-state index in [4.69, 9.17) is 0 Å². The summed E-state index contributed by atoms with van der Waals surface area (Å²) in [6.07, 6.45) is 2.26. The lowest BCUT2D eigenvalue weighted by atomic mass is 10.2. The lowest BCUT2D eigenvalue weighted by Crippen LogP contribution is -2.33. The predicted molar refractivity (Wildman–Crippen MR) is 84.4 cm³/mol. The van der Waals surface area contributed by atoms with Crippen LogP contribution in [0.1, 0.15) is 33.6 Å². The van der Waals surface area contributed by atoms with E-state index in [2.05, 4.69) is 29.4 Å². The fourth-order valence-electron chi connectivity index (χ4n) is 2.02. The Kier molecular flexibility index (Phi) is 5.65. The second-order valence-electron chi connectivity index (χ2n) is 5.44. The number of hydrogen-bond acceptors (Lipinski definition) is 6. The van der Waals surface area contributed by atoms with E-state index in [9.17, 15) is 4.79 Å². The number of hydrogen-bond donors (Lipinski definition) is 1. The minimum absolute atomic E-state index is 0.0843. The van der Waals surface area contributed by atoms with Gasteiger partial charge in [-0.15, -0.1) is 10.2 Å². The zero-order valence-electron chi connectivity index (χ0n) is 12.3. The van der Waals surface area contributed by atoms with Crippen LogP contribution in [0.15, 0.2) is 4.34 Å². The van der Waals surface area contributed by atoms with Crippen molar-refractivity contribution >= 4 is 34.1 Å². The number of amides is 1. The highest BCUT2D eigenvalue weighted by molar-refractivity contribution is 8.02. The molecule has 1 fully saturated rings. The van der Waals surface area contributed by atoms with Gasteiger partial charge in [-0.2, -0.15) is 0 Å². The first-order valence-electron chi connectivity index (χ1n) is 7.09. The van der Waals surface area contributed by atoms with Gasteiger partial charge in [-0.05, 0) is 25.7 Å². The number of likely N-dealkylation sites (tertiary alicyclic amines) is 1. The average molecular weight is 314 g/mol. The van der Waals surface area contributed by atoms with Gasteiger partial charge in [0, 0.05) is 19.6 Å². The monoisotopic (exact) mass is 314 g/mol. The van der Waals surface area contributed by atoms with Crippen LogP contribution in [-0.4, -0.2) is 45.9 Å². The molecule has 1 atom stereocenters. The highest BCUT2D eigenvalue weighted by atomic mass is 32.2.